The van der Waals surface area contributed by atoms with Gasteiger partial charge in [-0.2, -0.15) is 0 Å². The van der Waals surface area contributed by atoms with E-state index < -0.39 is 10.0 Å². The van der Waals surface area contributed by atoms with Crippen LogP contribution in [0, 0.1) is 0 Å². The molecule has 28 heavy (non-hydrogen) atoms. The van der Waals surface area contributed by atoms with E-state index >= 15 is 0 Å². The minimum absolute atomic E-state index is 0.0208. The number of carbonyl (C=O) groups is 1. The van der Waals surface area contributed by atoms with E-state index in [0.29, 0.717) is 17.0 Å². The quantitative estimate of drug-likeness (QED) is 0.512. The number of anilines is 1. The molecule has 7 nitrogen and oxygen atoms in total. The summed E-state index contributed by atoms with van der Waals surface area (Å²) >= 11 is 0. The zero-order valence-electron chi connectivity index (χ0n) is 15.1. The lowest BCUT2D eigenvalue weighted by atomic mass is 10.2. The number of aromatic nitrogens is 1. The van der Waals surface area contributed by atoms with Crippen LogP contribution in [0.5, 0.6) is 5.75 Å². The zero-order valence-corrected chi connectivity index (χ0v) is 15.9. The van der Waals surface area contributed by atoms with Crippen molar-refractivity contribution in [2.24, 2.45) is 0 Å². The Morgan fingerprint density at radius 2 is 1.93 bits per heavy atom. The Bertz CT molecular complexity index is 1320. The lowest BCUT2D eigenvalue weighted by Crippen LogP contribution is -2.13. The summed E-state index contributed by atoms with van der Waals surface area (Å²) in [6.07, 6.45) is 1.60. The van der Waals surface area contributed by atoms with Gasteiger partial charge in [0, 0.05) is 23.9 Å². The van der Waals surface area contributed by atoms with Crippen molar-refractivity contribution in [3.05, 3.63) is 60.5 Å². The number of furan rings is 1. The van der Waals surface area contributed by atoms with Crippen LogP contribution in [0.25, 0.3) is 21.9 Å². The first-order chi connectivity index (χ1) is 13.4. The summed E-state index contributed by atoms with van der Waals surface area (Å²) in [5, 5.41) is 1.08. The fourth-order valence-corrected chi connectivity index (χ4v) is 4.28. The number of nitrogens with one attached hydrogen (secondary N) is 1. The predicted octanol–water partition coefficient (Wildman–Crippen LogP) is 3.99. The number of ether oxygens (including phenoxy) is 1. The molecule has 0 spiro atoms. The second-order valence-electron chi connectivity index (χ2n) is 6.16. The monoisotopic (exact) mass is 396 g/mol. The number of benzene rings is 2. The highest BCUT2D eigenvalue weighted by Crippen LogP contribution is 2.35. The highest BCUT2D eigenvalue weighted by Gasteiger charge is 2.24. The molecule has 0 unspecified atom stereocenters. The van der Waals surface area contributed by atoms with Crippen LogP contribution in [-0.2, 0) is 10.0 Å². The van der Waals surface area contributed by atoms with E-state index in [-0.39, 0.29) is 27.4 Å². The highest BCUT2D eigenvalue weighted by molar-refractivity contribution is 7.93. The first-order valence-electron chi connectivity index (χ1n) is 8.39. The number of sulfonamides is 1. The van der Waals surface area contributed by atoms with Crippen LogP contribution in [0.3, 0.4) is 0 Å². The molecule has 142 valence electrons. The van der Waals surface area contributed by atoms with Gasteiger partial charge < -0.3 is 9.15 Å². The second-order valence-corrected chi connectivity index (χ2v) is 7.81. The van der Waals surface area contributed by atoms with Crippen molar-refractivity contribution < 1.29 is 22.4 Å². The number of fused-ring (bicyclic) bond motifs is 2. The summed E-state index contributed by atoms with van der Waals surface area (Å²) in [5.74, 6) is 0.0869. The van der Waals surface area contributed by atoms with E-state index in [1.165, 1.54) is 32.2 Å². The van der Waals surface area contributed by atoms with Gasteiger partial charge in [0.05, 0.1) is 23.2 Å². The van der Waals surface area contributed by atoms with Crippen LogP contribution in [0.2, 0.25) is 0 Å². The summed E-state index contributed by atoms with van der Waals surface area (Å²) in [6, 6.07) is 13.2. The molecule has 0 aliphatic carbocycles. The topological polar surface area (TPSA) is 98.5 Å². The number of para-hydroxylation sites is 1. The Morgan fingerprint density at radius 1 is 1.14 bits per heavy atom. The summed E-state index contributed by atoms with van der Waals surface area (Å²) in [6.45, 7) is 1.35. The first kappa shape index (κ1) is 18.0. The number of hydrogen-bond donors (Lipinski definition) is 1. The van der Waals surface area contributed by atoms with Crippen molar-refractivity contribution in [3.63, 3.8) is 0 Å². The molecule has 0 aliphatic heterocycles. The molecule has 0 bridgehead atoms. The van der Waals surface area contributed by atoms with Gasteiger partial charge in [0.25, 0.3) is 10.0 Å². The number of hydrogen-bond acceptors (Lipinski definition) is 6. The van der Waals surface area contributed by atoms with Crippen molar-refractivity contribution >= 4 is 43.4 Å². The van der Waals surface area contributed by atoms with Gasteiger partial charge in [0.1, 0.15) is 0 Å². The number of rotatable bonds is 5. The lowest BCUT2D eigenvalue weighted by molar-refractivity contribution is 0.0989. The number of Topliss-reactive ketones (excluding diaryl/α,β-unsaturated/α-hetero) is 1. The normalized spacial score (nSPS) is 11.6. The molecule has 0 aliphatic rings. The molecule has 1 N–H and O–H groups in total. The second kappa shape index (κ2) is 6.65. The predicted molar refractivity (Wildman–Crippen MR) is 105 cm³/mol. The molecule has 8 heteroatoms. The standard InChI is InChI=1S/C20H16N2O5S/c1-12(23)17-11-14-18(9-8-16(26-2)20(14)27-17)28(24,25)22-15-7-3-5-13-6-4-10-21-19(13)15/h3-11,22H,1-2H3. The summed E-state index contributed by atoms with van der Waals surface area (Å²) in [5.41, 5.74) is 1.10. The number of ketones is 1. The maximum Gasteiger partial charge on any atom is 0.262 e. The van der Waals surface area contributed by atoms with E-state index in [0.717, 1.165) is 5.39 Å². The first-order valence-corrected chi connectivity index (χ1v) is 9.87. The van der Waals surface area contributed by atoms with Gasteiger partial charge in [0.15, 0.2) is 22.9 Å². The number of methoxy groups -OCH3 is 1. The Kier molecular flexibility index (Phi) is 4.27. The summed E-state index contributed by atoms with van der Waals surface area (Å²) in [7, 11) is -2.54. The maximum atomic E-state index is 13.1. The van der Waals surface area contributed by atoms with Crippen molar-refractivity contribution in [1.82, 2.24) is 4.98 Å². The molecule has 2 heterocycles. The van der Waals surface area contributed by atoms with Gasteiger partial charge in [-0.25, -0.2) is 8.42 Å². The average Bonchev–Trinajstić information content (AvgIpc) is 3.13. The smallest absolute Gasteiger partial charge is 0.262 e. The van der Waals surface area contributed by atoms with Crippen molar-refractivity contribution in [3.8, 4) is 5.75 Å². The Morgan fingerprint density at radius 3 is 2.68 bits per heavy atom. The summed E-state index contributed by atoms with van der Waals surface area (Å²) in [4.78, 5) is 16.0. The molecule has 0 amide bonds. The molecule has 0 atom stereocenters. The fourth-order valence-electron chi connectivity index (χ4n) is 3.03. The van der Waals surface area contributed by atoms with Crippen LogP contribution < -0.4 is 9.46 Å². The Hall–Kier alpha value is -3.39. The minimum Gasteiger partial charge on any atom is -0.493 e. The van der Waals surface area contributed by atoms with Gasteiger partial charge >= 0.3 is 0 Å². The van der Waals surface area contributed by atoms with Crippen LogP contribution in [0.4, 0.5) is 5.69 Å². The maximum absolute atomic E-state index is 13.1. The van der Waals surface area contributed by atoms with Crippen LogP contribution >= 0.6 is 0 Å². The van der Waals surface area contributed by atoms with Crippen molar-refractivity contribution in [2.75, 3.05) is 11.8 Å². The lowest BCUT2D eigenvalue weighted by Gasteiger charge is -2.11. The third-order valence-electron chi connectivity index (χ3n) is 4.34. The average molecular weight is 396 g/mol. The molecule has 0 fully saturated rings. The third-order valence-corrected chi connectivity index (χ3v) is 5.76. The van der Waals surface area contributed by atoms with Gasteiger partial charge in [0.2, 0.25) is 0 Å². The Labute approximate surface area is 161 Å². The Balaban J connectivity index is 1.87. The molecule has 0 radical (unpaired) electrons. The minimum atomic E-state index is -3.99. The van der Waals surface area contributed by atoms with E-state index in [1.54, 1.807) is 24.4 Å². The van der Waals surface area contributed by atoms with Gasteiger partial charge in [-0.15, -0.1) is 0 Å². The summed E-state index contributed by atoms with van der Waals surface area (Å²) < 4.78 is 39.6. The van der Waals surface area contributed by atoms with Gasteiger partial charge in [-0.1, -0.05) is 18.2 Å². The number of nitrogens with zero attached hydrogens (tertiary/aromatic N) is 1. The van der Waals surface area contributed by atoms with E-state index in [1.807, 2.05) is 12.1 Å². The van der Waals surface area contributed by atoms with Crippen molar-refractivity contribution in [2.45, 2.75) is 11.8 Å². The molecular formula is C20H16N2O5S. The molecule has 4 aromatic rings. The molecule has 0 saturated carbocycles. The molecule has 4 rings (SSSR count). The van der Waals surface area contributed by atoms with Crippen LogP contribution in [0.1, 0.15) is 17.5 Å². The van der Waals surface area contributed by atoms with Crippen molar-refractivity contribution in [1.29, 1.82) is 0 Å². The van der Waals surface area contributed by atoms with Crippen LogP contribution in [-0.4, -0.2) is 26.3 Å². The SMILES string of the molecule is COc1ccc(S(=O)(=O)Nc2cccc3cccnc23)c2cc(C(C)=O)oc12. The van der Waals surface area contributed by atoms with Crippen LogP contribution in [0.15, 0.2) is 64.0 Å². The fraction of sp³-hybridized carbons (Fsp3) is 0.100. The number of carbonyl (C=O) groups excluding carboxylic acids is 1. The largest absolute Gasteiger partial charge is 0.493 e. The molecule has 2 aromatic heterocycles. The van der Waals surface area contributed by atoms with Gasteiger partial charge in [-0.3, -0.25) is 14.5 Å². The number of pyridine rings is 1. The molecular weight excluding hydrogens is 380 g/mol. The highest BCUT2D eigenvalue weighted by atomic mass is 32.2. The zero-order chi connectivity index (χ0) is 19.9. The third kappa shape index (κ3) is 2.97. The van der Waals surface area contributed by atoms with E-state index in [4.69, 9.17) is 9.15 Å². The molecule has 0 saturated heterocycles. The molecule has 2 aromatic carbocycles. The van der Waals surface area contributed by atoms with Gasteiger partial charge in [-0.05, 0) is 30.3 Å². The van der Waals surface area contributed by atoms with E-state index in [2.05, 4.69) is 9.71 Å². The van der Waals surface area contributed by atoms with E-state index in [9.17, 15) is 13.2 Å².